The van der Waals surface area contributed by atoms with Gasteiger partial charge >= 0.3 is 0 Å². The molecule has 1 aromatic rings. The minimum Gasteiger partial charge on any atom is -0.229 e. The topological polar surface area (TPSA) is 80.3 Å². The van der Waals surface area contributed by atoms with Gasteiger partial charge in [-0.1, -0.05) is 15.9 Å². The third kappa shape index (κ3) is 4.01. The van der Waals surface area contributed by atoms with Gasteiger partial charge in [0.2, 0.25) is 10.0 Å². The smallest absolute Gasteiger partial charge is 0.229 e. The molecule has 1 fully saturated rings. The van der Waals surface area contributed by atoms with Crippen LogP contribution in [-0.2, 0) is 19.9 Å². The molecule has 5 nitrogen and oxygen atoms in total. The predicted molar refractivity (Wildman–Crippen MR) is 76.1 cm³/mol. The maximum absolute atomic E-state index is 12.0. The van der Waals surface area contributed by atoms with Crippen LogP contribution in [0.4, 0.5) is 0 Å². The summed E-state index contributed by atoms with van der Waals surface area (Å²) in [6.45, 7) is 0.164. The first-order chi connectivity index (χ1) is 8.78. The number of rotatable bonds is 4. The number of hydrogen-bond acceptors (Lipinski definition) is 4. The Hall–Kier alpha value is -0.440. The summed E-state index contributed by atoms with van der Waals surface area (Å²) in [4.78, 5) is 0.177. The van der Waals surface area contributed by atoms with E-state index in [1.807, 2.05) is 0 Å². The normalized spacial score (nSPS) is 22.5. The van der Waals surface area contributed by atoms with Crippen LogP contribution < -0.4 is 4.72 Å². The highest BCUT2D eigenvalue weighted by atomic mass is 79.9. The number of hydrogen-bond donors (Lipinski definition) is 1. The van der Waals surface area contributed by atoms with E-state index in [2.05, 4.69) is 20.7 Å². The SMILES string of the molecule is O=S1(=O)CCC(CNS(=O)(=O)c2ccc(Br)cc2)C1. The van der Waals surface area contributed by atoms with E-state index >= 15 is 0 Å². The van der Waals surface area contributed by atoms with E-state index in [0.717, 1.165) is 4.47 Å². The lowest BCUT2D eigenvalue weighted by atomic mass is 10.1. The Kier molecular flexibility index (Phi) is 4.34. The molecule has 1 aliphatic heterocycles. The van der Waals surface area contributed by atoms with Gasteiger partial charge in [-0.15, -0.1) is 0 Å². The highest BCUT2D eigenvalue weighted by Gasteiger charge is 2.28. The quantitative estimate of drug-likeness (QED) is 0.865. The third-order valence-electron chi connectivity index (χ3n) is 3.01. The highest BCUT2D eigenvalue weighted by molar-refractivity contribution is 9.10. The zero-order chi connectivity index (χ0) is 14.1. The fourth-order valence-corrected chi connectivity index (χ4v) is 5.20. The van der Waals surface area contributed by atoms with Crippen molar-refractivity contribution in [2.75, 3.05) is 18.1 Å². The minimum absolute atomic E-state index is 0.0653. The van der Waals surface area contributed by atoms with Crippen LogP contribution in [0.5, 0.6) is 0 Å². The van der Waals surface area contributed by atoms with Crippen LogP contribution in [0.3, 0.4) is 0 Å². The number of halogens is 1. The van der Waals surface area contributed by atoms with Crippen molar-refractivity contribution < 1.29 is 16.8 Å². The van der Waals surface area contributed by atoms with Gasteiger partial charge in [-0.25, -0.2) is 21.6 Å². The molecule has 1 heterocycles. The number of sulfonamides is 1. The van der Waals surface area contributed by atoms with Crippen molar-refractivity contribution >= 4 is 35.8 Å². The summed E-state index contributed by atoms with van der Waals surface area (Å²) >= 11 is 3.24. The first-order valence-electron chi connectivity index (χ1n) is 5.74. The summed E-state index contributed by atoms with van der Waals surface area (Å²) in [7, 11) is -6.54. The van der Waals surface area contributed by atoms with Gasteiger partial charge in [-0.3, -0.25) is 0 Å². The van der Waals surface area contributed by atoms with Gasteiger partial charge in [0.25, 0.3) is 0 Å². The van der Waals surface area contributed by atoms with E-state index in [0.29, 0.717) is 6.42 Å². The molecule has 1 unspecified atom stereocenters. The summed E-state index contributed by atoms with van der Waals surface area (Å²) in [5.41, 5.74) is 0. The van der Waals surface area contributed by atoms with Crippen LogP contribution in [0.15, 0.2) is 33.6 Å². The maximum Gasteiger partial charge on any atom is 0.240 e. The van der Waals surface area contributed by atoms with E-state index in [1.54, 1.807) is 12.1 Å². The van der Waals surface area contributed by atoms with E-state index in [1.165, 1.54) is 12.1 Å². The monoisotopic (exact) mass is 367 g/mol. The molecule has 0 radical (unpaired) electrons. The Morgan fingerprint density at radius 1 is 1.26 bits per heavy atom. The Balaban J connectivity index is 2.01. The summed E-state index contributed by atoms with van der Waals surface area (Å²) < 4.78 is 49.8. The van der Waals surface area contributed by atoms with E-state index in [-0.39, 0.29) is 28.9 Å². The van der Waals surface area contributed by atoms with E-state index in [9.17, 15) is 16.8 Å². The number of benzene rings is 1. The fraction of sp³-hybridized carbons (Fsp3) is 0.455. The molecule has 1 aromatic carbocycles. The molecule has 0 aliphatic carbocycles. The zero-order valence-corrected chi connectivity index (χ0v) is 13.3. The lowest BCUT2D eigenvalue weighted by Crippen LogP contribution is -2.29. The predicted octanol–water partition coefficient (Wildman–Crippen LogP) is 1.16. The van der Waals surface area contributed by atoms with Crippen molar-refractivity contribution in [3.63, 3.8) is 0 Å². The van der Waals surface area contributed by atoms with E-state index < -0.39 is 19.9 Å². The van der Waals surface area contributed by atoms with Gasteiger partial charge in [0.15, 0.2) is 9.84 Å². The van der Waals surface area contributed by atoms with Crippen LogP contribution in [0.25, 0.3) is 0 Å². The molecule has 8 heteroatoms. The number of sulfone groups is 1. The molecule has 106 valence electrons. The Bertz CT molecular complexity index is 652. The van der Waals surface area contributed by atoms with Crippen molar-refractivity contribution in [3.05, 3.63) is 28.7 Å². The Morgan fingerprint density at radius 2 is 1.89 bits per heavy atom. The lowest BCUT2D eigenvalue weighted by Gasteiger charge is -2.10. The summed E-state index contributed by atoms with van der Waals surface area (Å²) in [5, 5.41) is 0. The lowest BCUT2D eigenvalue weighted by molar-refractivity contribution is 0.543. The largest absolute Gasteiger partial charge is 0.240 e. The average molecular weight is 368 g/mol. The molecule has 0 saturated carbocycles. The van der Waals surface area contributed by atoms with Crippen molar-refractivity contribution in [2.24, 2.45) is 5.92 Å². The van der Waals surface area contributed by atoms with Crippen LogP contribution >= 0.6 is 15.9 Å². The van der Waals surface area contributed by atoms with Gasteiger partial charge in [-0.2, -0.15) is 0 Å². The zero-order valence-electron chi connectivity index (χ0n) is 10.0. The second-order valence-corrected chi connectivity index (χ2v) is 9.49. The fourth-order valence-electron chi connectivity index (χ4n) is 1.96. The van der Waals surface area contributed by atoms with Crippen LogP contribution in [0, 0.1) is 5.92 Å². The van der Waals surface area contributed by atoms with Crippen LogP contribution in [0.2, 0.25) is 0 Å². The molecule has 0 aromatic heterocycles. The molecular weight excluding hydrogens is 354 g/mol. The summed E-state index contributed by atoms with van der Waals surface area (Å²) in [6.07, 6.45) is 0.519. The Morgan fingerprint density at radius 3 is 2.42 bits per heavy atom. The number of nitrogens with one attached hydrogen (secondary N) is 1. The van der Waals surface area contributed by atoms with Crippen molar-refractivity contribution in [2.45, 2.75) is 11.3 Å². The summed E-state index contributed by atoms with van der Waals surface area (Å²) in [5.74, 6) is 0.0864. The molecular formula is C11H14BrNO4S2. The molecule has 1 aliphatic rings. The van der Waals surface area contributed by atoms with Crippen LogP contribution in [0.1, 0.15) is 6.42 Å². The van der Waals surface area contributed by atoms with Gasteiger partial charge in [0.1, 0.15) is 0 Å². The molecule has 19 heavy (non-hydrogen) atoms. The first-order valence-corrected chi connectivity index (χ1v) is 9.84. The van der Waals surface area contributed by atoms with Crippen molar-refractivity contribution in [1.29, 1.82) is 0 Å². The van der Waals surface area contributed by atoms with Gasteiger partial charge in [-0.05, 0) is 36.6 Å². The molecule has 1 atom stereocenters. The average Bonchev–Trinajstić information content (AvgIpc) is 2.67. The summed E-state index contributed by atoms with van der Waals surface area (Å²) in [6, 6.07) is 6.29. The van der Waals surface area contributed by atoms with Gasteiger partial charge < -0.3 is 0 Å². The van der Waals surface area contributed by atoms with Gasteiger partial charge in [0.05, 0.1) is 16.4 Å². The molecule has 1 N–H and O–H groups in total. The molecule has 0 bridgehead atoms. The first kappa shape index (κ1) is 15.0. The highest BCUT2D eigenvalue weighted by Crippen LogP contribution is 2.19. The standard InChI is InChI=1S/C11H14BrNO4S2/c12-10-1-3-11(4-2-10)19(16,17)13-7-9-5-6-18(14,15)8-9/h1-4,9,13H,5-8H2. The minimum atomic E-state index is -3.57. The molecule has 2 rings (SSSR count). The molecule has 0 spiro atoms. The van der Waals surface area contributed by atoms with E-state index in [4.69, 9.17) is 0 Å². The second-order valence-electron chi connectivity index (χ2n) is 4.57. The van der Waals surface area contributed by atoms with Crippen LogP contribution in [-0.4, -0.2) is 34.9 Å². The maximum atomic E-state index is 12.0. The molecule has 0 amide bonds. The molecule has 1 saturated heterocycles. The van der Waals surface area contributed by atoms with Crippen molar-refractivity contribution in [1.82, 2.24) is 4.72 Å². The van der Waals surface area contributed by atoms with Gasteiger partial charge in [0, 0.05) is 11.0 Å². The third-order valence-corrected chi connectivity index (χ3v) is 6.82. The van der Waals surface area contributed by atoms with Crippen molar-refractivity contribution in [3.8, 4) is 0 Å². The Labute approximate surface area is 121 Å². The second kappa shape index (κ2) is 5.51.